The van der Waals surface area contributed by atoms with Crippen LogP contribution in [0.1, 0.15) is 38.5 Å². The SMILES string of the molecule is FC(F)(N1CCCCC1)N1CCCCC1. The lowest BCUT2D eigenvalue weighted by Gasteiger charge is -2.42. The molecule has 2 fully saturated rings. The molecule has 0 spiro atoms. The fourth-order valence-corrected chi connectivity index (χ4v) is 2.53. The van der Waals surface area contributed by atoms with Crippen LogP contribution >= 0.6 is 0 Å². The van der Waals surface area contributed by atoms with Crippen molar-refractivity contribution in [2.45, 2.75) is 44.7 Å². The van der Waals surface area contributed by atoms with Crippen LogP contribution in [0.25, 0.3) is 0 Å². The highest BCUT2D eigenvalue weighted by molar-refractivity contribution is 4.77. The first-order valence-electron chi connectivity index (χ1n) is 6.09. The number of halogens is 2. The minimum Gasteiger partial charge on any atom is -0.230 e. The average Bonchev–Trinajstić information content (AvgIpc) is 2.31. The van der Waals surface area contributed by atoms with Crippen molar-refractivity contribution in [2.24, 2.45) is 0 Å². The second-order valence-corrected chi connectivity index (χ2v) is 4.60. The smallest absolute Gasteiger partial charge is 0.230 e. The van der Waals surface area contributed by atoms with Gasteiger partial charge in [0.2, 0.25) is 0 Å². The van der Waals surface area contributed by atoms with E-state index in [2.05, 4.69) is 0 Å². The molecule has 15 heavy (non-hydrogen) atoms. The summed E-state index contributed by atoms with van der Waals surface area (Å²) in [5, 5.41) is 0. The Kier molecular flexibility index (Phi) is 3.57. The maximum Gasteiger partial charge on any atom is 0.369 e. The second kappa shape index (κ2) is 4.74. The van der Waals surface area contributed by atoms with Crippen molar-refractivity contribution in [3.63, 3.8) is 0 Å². The quantitative estimate of drug-likeness (QED) is 0.657. The molecule has 2 rings (SSSR count). The highest BCUT2D eigenvalue weighted by Gasteiger charge is 2.43. The maximum atomic E-state index is 14.0. The molecule has 0 amide bonds. The molecule has 2 heterocycles. The van der Waals surface area contributed by atoms with Crippen molar-refractivity contribution >= 4 is 0 Å². The fourth-order valence-electron chi connectivity index (χ4n) is 2.53. The monoisotopic (exact) mass is 218 g/mol. The van der Waals surface area contributed by atoms with Gasteiger partial charge in [-0.25, -0.2) is 9.80 Å². The van der Waals surface area contributed by atoms with Gasteiger partial charge in [-0.2, -0.15) is 8.78 Å². The molecule has 0 bridgehead atoms. The minimum atomic E-state index is -2.69. The Bertz CT molecular complexity index is 177. The van der Waals surface area contributed by atoms with E-state index in [4.69, 9.17) is 0 Å². The zero-order valence-electron chi connectivity index (χ0n) is 9.22. The molecule has 0 aromatic carbocycles. The molecule has 0 unspecified atom stereocenters. The van der Waals surface area contributed by atoms with E-state index >= 15 is 0 Å². The molecule has 0 atom stereocenters. The Hall–Kier alpha value is -0.220. The summed E-state index contributed by atoms with van der Waals surface area (Å²) < 4.78 is 28.1. The number of piperidine rings is 2. The molecule has 0 radical (unpaired) electrons. The number of hydrogen-bond acceptors (Lipinski definition) is 2. The Morgan fingerprint density at radius 2 is 0.933 bits per heavy atom. The van der Waals surface area contributed by atoms with E-state index in [1.165, 1.54) is 9.80 Å². The molecule has 88 valence electrons. The molecule has 0 saturated carbocycles. The number of likely N-dealkylation sites (tertiary alicyclic amines) is 2. The number of alkyl halides is 2. The van der Waals surface area contributed by atoms with Gasteiger partial charge in [0.15, 0.2) is 0 Å². The lowest BCUT2D eigenvalue weighted by Crippen LogP contribution is -2.57. The van der Waals surface area contributed by atoms with Crippen molar-refractivity contribution in [3.05, 3.63) is 0 Å². The Labute approximate surface area is 90.2 Å². The largest absolute Gasteiger partial charge is 0.369 e. The van der Waals surface area contributed by atoms with E-state index in [1.807, 2.05) is 0 Å². The predicted octanol–water partition coefficient (Wildman–Crippen LogP) is 2.51. The normalized spacial score (nSPS) is 26.8. The molecule has 0 N–H and O–H groups in total. The van der Waals surface area contributed by atoms with Gasteiger partial charge >= 0.3 is 6.17 Å². The third-order valence-corrected chi connectivity index (χ3v) is 3.47. The van der Waals surface area contributed by atoms with Gasteiger partial charge in [0, 0.05) is 26.2 Å². The summed E-state index contributed by atoms with van der Waals surface area (Å²) in [4.78, 5) is 2.73. The van der Waals surface area contributed by atoms with Gasteiger partial charge < -0.3 is 0 Å². The van der Waals surface area contributed by atoms with Crippen LogP contribution in [0.4, 0.5) is 8.78 Å². The summed E-state index contributed by atoms with van der Waals surface area (Å²) in [5.74, 6) is 0. The molecule has 0 aliphatic carbocycles. The fraction of sp³-hybridized carbons (Fsp3) is 1.00. The first-order valence-corrected chi connectivity index (χ1v) is 6.09. The number of hydrogen-bond donors (Lipinski definition) is 0. The van der Waals surface area contributed by atoms with Gasteiger partial charge in [0.05, 0.1) is 0 Å². The zero-order chi connectivity index (χ0) is 10.7. The van der Waals surface area contributed by atoms with Crippen molar-refractivity contribution in [3.8, 4) is 0 Å². The zero-order valence-corrected chi connectivity index (χ0v) is 9.22. The van der Waals surface area contributed by atoms with Gasteiger partial charge in [-0.1, -0.05) is 12.8 Å². The standard InChI is InChI=1S/C11H20F2N2/c12-11(13,14-7-3-1-4-8-14)15-9-5-2-6-10-15/h1-10H2. The Morgan fingerprint density at radius 3 is 1.27 bits per heavy atom. The van der Waals surface area contributed by atoms with Crippen LogP contribution in [-0.2, 0) is 0 Å². The highest BCUT2D eigenvalue weighted by atomic mass is 19.3. The predicted molar refractivity (Wildman–Crippen MR) is 55.8 cm³/mol. The number of nitrogens with zero attached hydrogens (tertiary/aromatic N) is 2. The lowest BCUT2D eigenvalue weighted by atomic mass is 10.1. The first kappa shape index (κ1) is 11.3. The van der Waals surface area contributed by atoms with Gasteiger partial charge in [-0.05, 0) is 25.7 Å². The van der Waals surface area contributed by atoms with Crippen molar-refractivity contribution in [1.29, 1.82) is 0 Å². The molecule has 2 aliphatic heterocycles. The molecule has 0 aromatic heterocycles. The first-order chi connectivity index (χ1) is 7.21. The van der Waals surface area contributed by atoms with E-state index in [9.17, 15) is 8.78 Å². The maximum absolute atomic E-state index is 14.0. The van der Waals surface area contributed by atoms with Crippen LogP contribution in [-0.4, -0.2) is 42.1 Å². The molecule has 0 aromatic rings. The molecular formula is C11H20F2N2. The van der Waals surface area contributed by atoms with E-state index < -0.39 is 6.17 Å². The Morgan fingerprint density at radius 1 is 0.600 bits per heavy atom. The van der Waals surface area contributed by atoms with Crippen LogP contribution in [0.15, 0.2) is 0 Å². The summed E-state index contributed by atoms with van der Waals surface area (Å²) in [5.41, 5.74) is 0. The van der Waals surface area contributed by atoms with E-state index in [1.54, 1.807) is 0 Å². The summed E-state index contributed by atoms with van der Waals surface area (Å²) in [6, 6.07) is 0. The van der Waals surface area contributed by atoms with E-state index in [-0.39, 0.29) is 0 Å². The van der Waals surface area contributed by atoms with Gasteiger partial charge in [0.25, 0.3) is 0 Å². The van der Waals surface area contributed by atoms with Gasteiger partial charge in [0.1, 0.15) is 0 Å². The molecular weight excluding hydrogens is 198 g/mol. The summed E-state index contributed by atoms with van der Waals surface area (Å²) in [6.45, 7) is 2.24. The lowest BCUT2D eigenvalue weighted by molar-refractivity contribution is -0.259. The third-order valence-electron chi connectivity index (χ3n) is 3.47. The Balaban J connectivity index is 1.96. The minimum absolute atomic E-state index is 0.559. The van der Waals surface area contributed by atoms with Crippen LogP contribution in [0.5, 0.6) is 0 Å². The van der Waals surface area contributed by atoms with E-state index in [0.717, 1.165) is 38.5 Å². The average molecular weight is 218 g/mol. The molecule has 2 nitrogen and oxygen atoms in total. The van der Waals surface area contributed by atoms with Crippen LogP contribution in [0.2, 0.25) is 0 Å². The topological polar surface area (TPSA) is 6.48 Å². The third kappa shape index (κ3) is 2.48. The number of rotatable bonds is 2. The molecule has 2 saturated heterocycles. The summed E-state index contributed by atoms with van der Waals surface area (Å²) in [6.07, 6.45) is 3.19. The second-order valence-electron chi connectivity index (χ2n) is 4.60. The van der Waals surface area contributed by atoms with Crippen molar-refractivity contribution in [2.75, 3.05) is 26.2 Å². The van der Waals surface area contributed by atoms with Crippen LogP contribution in [0.3, 0.4) is 0 Å². The van der Waals surface area contributed by atoms with Gasteiger partial charge in [-0.3, -0.25) is 0 Å². The van der Waals surface area contributed by atoms with Gasteiger partial charge in [-0.15, -0.1) is 0 Å². The van der Waals surface area contributed by atoms with Crippen LogP contribution in [0, 0.1) is 0 Å². The summed E-state index contributed by atoms with van der Waals surface area (Å²) in [7, 11) is 0. The van der Waals surface area contributed by atoms with Crippen molar-refractivity contribution < 1.29 is 8.78 Å². The highest BCUT2D eigenvalue weighted by Crippen LogP contribution is 2.30. The van der Waals surface area contributed by atoms with E-state index in [0.29, 0.717) is 26.2 Å². The van der Waals surface area contributed by atoms with Crippen LogP contribution < -0.4 is 0 Å². The van der Waals surface area contributed by atoms with Crippen molar-refractivity contribution in [1.82, 2.24) is 9.80 Å². The molecule has 4 heteroatoms. The molecule has 2 aliphatic rings. The summed E-state index contributed by atoms with van der Waals surface area (Å²) >= 11 is 0.